The molecule has 0 aliphatic carbocycles. The van der Waals surface area contributed by atoms with Gasteiger partial charge in [-0.15, -0.1) is 0 Å². The Hall–Kier alpha value is -1.97. The van der Waals surface area contributed by atoms with Crippen LogP contribution in [-0.2, 0) is 0 Å². The average Bonchev–Trinajstić information content (AvgIpc) is 2.38. The van der Waals surface area contributed by atoms with Crippen molar-refractivity contribution in [3.8, 4) is 5.75 Å². The van der Waals surface area contributed by atoms with E-state index in [1.807, 2.05) is 13.8 Å². The lowest BCUT2D eigenvalue weighted by Gasteiger charge is -2.20. The molecule has 0 spiro atoms. The molecular formula is C14H20N2O2. The number of rotatable bonds is 6. The molecule has 0 atom stereocenters. The molecular weight excluding hydrogens is 228 g/mol. The number of carbonyl (C=O) groups is 1. The van der Waals surface area contributed by atoms with Crippen molar-refractivity contribution in [2.75, 3.05) is 25.4 Å². The van der Waals surface area contributed by atoms with Gasteiger partial charge in [0.05, 0.1) is 5.56 Å². The van der Waals surface area contributed by atoms with Crippen LogP contribution < -0.4 is 10.5 Å². The predicted molar refractivity (Wildman–Crippen MR) is 73.8 cm³/mol. The van der Waals surface area contributed by atoms with E-state index in [9.17, 15) is 4.79 Å². The predicted octanol–water partition coefficient (Wildman–Crippen LogP) is 2.32. The van der Waals surface area contributed by atoms with Crippen LogP contribution in [0.5, 0.6) is 5.75 Å². The second kappa shape index (κ2) is 6.69. The summed E-state index contributed by atoms with van der Waals surface area (Å²) >= 11 is 0. The second-order valence-corrected chi connectivity index (χ2v) is 3.83. The van der Waals surface area contributed by atoms with Crippen molar-refractivity contribution in [3.05, 3.63) is 36.4 Å². The maximum absolute atomic E-state index is 12.3. The minimum atomic E-state index is -0.0636. The van der Waals surface area contributed by atoms with Gasteiger partial charge in [0.15, 0.2) is 0 Å². The molecule has 1 rings (SSSR count). The van der Waals surface area contributed by atoms with E-state index in [4.69, 9.17) is 10.5 Å². The van der Waals surface area contributed by atoms with Crippen LogP contribution in [0.25, 0.3) is 0 Å². The monoisotopic (exact) mass is 248 g/mol. The van der Waals surface area contributed by atoms with Gasteiger partial charge in [-0.1, -0.05) is 12.7 Å². The Morgan fingerprint density at radius 3 is 2.67 bits per heavy atom. The molecule has 0 aliphatic rings. The SMILES string of the molecule is C=CCOc1ccc(N)cc1C(=O)N(CC)CC. The van der Waals surface area contributed by atoms with E-state index >= 15 is 0 Å². The van der Waals surface area contributed by atoms with Crippen molar-refractivity contribution in [2.24, 2.45) is 0 Å². The van der Waals surface area contributed by atoms with Crippen LogP contribution in [0.1, 0.15) is 24.2 Å². The summed E-state index contributed by atoms with van der Waals surface area (Å²) in [5.41, 5.74) is 6.78. The fourth-order valence-electron chi connectivity index (χ4n) is 1.67. The molecule has 1 aromatic carbocycles. The lowest BCUT2D eigenvalue weighted by molar-refractivity contribution is 0.0769. The van der Waals surface area contributed by atoms with Crippen LogP contribution in [0.3, 0.4) is 0 Å². The van der Waals surface area contributed by atoms with Crippen LogP contribution in [0, 0.1) is 0 Å². The number of benzene rings is 1. The third-order valence-electron chi connectivity index (χ3n) is 2.64. The fraction of sp³-hybridized carbons (Fsp3) is 0.357. The zero-order valence-electron chi connectivity index (χ0n) is 11.0. The summed E-state index contributed by atoms with van der Waals surface area (Å²) in [6.07, 6.45) is 1.64. The first-order chi connectivity index (χ1) is 8.63. The van der Waals surface area contributed by atoms with Crippen LogP contribution in [0.15, 0.2) is 30.9 Å². The van der Waals surface area contributed by atoms with Crippen molar-refractivity contribution < 1.29 is 9.53 Å². The Bertz CT molecular complexity index is 426. The van der Waals surface area contributed by atoms with Gasteiger partial charge in [0.2, 0.25) is 0 Å². The van der Waals surface area contributed by atoms with E-state index in [-0.39, 0.29) is 5.91 Å². The molecule has 0 aromatic heterocycles. The Kier molecular flexibility index (Phi) is 5.24. The molecule has 0 bridgehead atoms. The van der Waals surface area contributed by atoms with Gasteiger partial charge < -0.3 is 15.4 Å². The number of nitrogens with zero attached hydrogens (tertiary/aromatic N) is 1. The summed E-state index contributed by atoms with van der Waals surface area (Å²) in [5, 5.41) is 0. The molecule has 4 nitrogen and oxygen atoms in total. The first kappa shape index (κ1) is 14.1. The highest BCUT2D eigenvalue weighted by atomic mass is 16.5. The normalized spacial score (nSPS) is 9.89. The number of hydrogen-bond donors (Lipinski definition) is 1. The maximum Gasteiger partial charge on any atom is 0.257 e. The van der Waals surface area contributed by atoms with Crippen molar-refractivity contribution in [2.45, 2.75) is 13.8 Å². The average molecular weight is 248 g/mol. The summed E-state index contributed by atoms with van der Waals surface area (Å²) in [6.45, 7) is 9.15. The second-order valence-electron chi connectivity index (χ2n) is 3.83. The Balaban J connectivity index is 3.07. The lowest BCUT2D eigenvalue weighted by Crippen LogP contribution is -2.30. The van der Waals surface area contributed by atoms with Gasteiger partial charge in [0.1, 0.15) is 12.4 Å². The van der Waals surface area contributed by atoms with E-state index in [1.54, 1.807) is 29.2 Å². The molecule has 98 valence electrons. The number of anilines is 1. The number of ether oxygens (including phenoxy) is 1. The standard InChI is InChI=1S/C14H20N2O2/c1-4-9-18-13-8-7-11(15)10-12(13)14(17)16(5-2)6-3/h4,7-8,10H,1,5-6,9,15H2,2-3H3. The Morgan fingerprint density at radius 1 is 1.44 bits per heavy atom. The Labute approximate surface area is 108 Å². The largest absolute Gasteiger partial charge is 0.489 e. The summed E-state index contributed by atoms with van der Waals surface area (Å²) in [5.74, 6) is 0.479. The van der Waals surface area contributed by atoms with Gasteiger partial charge in [-0.05, 0) is 32.0 Å². The van der Waals surface area contributed by atoms with Gasteiger partial charge in [-0.25, -0.2) is 0 Å². The highest BCUT2D eigenvalue weighted by Crippen LogP contribution is 2.23. The van der Waals surface area contributed by atoms with Crippen molar-refractivity contribution in [1.82, 2.24) is 4.90 Å². The quantitative estimate of drug-likeness (QED) is 0.621. The summed E-state index contributed by atoms with van der Waals surface area (Å²) in [6, 6.07) is 5.09. The van der Waals surface area contributed by atoms with Crippen molar-refractivity contribution in [3.63, 3.8) is 0 Å². The van der Waals surface area contributed by atoms with Crippen LogP contribution in [0.2, 0.25) is 0 Å². The molecule has 2 N–H and O–H groups in total. The topological polar surface area (TPSA) is 55.6 Å². The van der Waals surface area contributed by atoms with Crippen LogP contribution >= 0.6 is 0 Å². The first-order valence-corrected chi connectivity index (χ1v) is 6.06. The molecule has 0 aliphatic heterocycles. The third kappa shape index (κ3) is 3.26. The lowest BCUT2D eigenvalue weighted by atomic mass is 10.1. The number of nitrogens with two attached hydrogens (primary N) is 1. The molecule has 0 heterocycles. The molecule has 18 heavy (non-hydrogen) atoms. The zero-order chi connectivity index (χ0) is 13.5. The van der Waals surface area contributed by atoms with E-state index in [0.717, 1.165) is 0 Å². The van der Waals surface area contributed by atoms with Gasteiger partial charge in [-0.3, -0.25) is 4.79 Å². The molecule has 1 amide bonds. The van der Waals surface area contributed by atoms with E-state index in [2.05, 4.69) is 6.58 Å². The van der Waals surface area contributed by atoms with Crippen LogP contribution in [0.4, 0.5) is 5.69 Å². The van der Waals surface area contributed by atoms with Gasteiger partial charge in [-0.2, -0.15) is 0 Å². The maximum atomic E-state index is 12.3. The zero-order valence-corrected chi connectivity index (χ0v) is 11.0. The van der Waals surface area contributed by atoms with Gasteiger partial charge in [0, 0.05) is 18.8 Å². The molecule has 0 saturated carbocycles. The number of amides is 1. The van der Waals surface area contributed by atoms with Gasteiger partial charge >= 0.3 is 0 Å². The summed E-state index contributed by atoms with van der Waals surface area (Å²) in [4.78, 5) is 14.0. The smallest absolute Gasteiger partial charge is 0.257 e. The van der Waals surface area contributed by atoms with E-state index in [1.165, 1.54) is 0 Å². The summed E-state index contributed by atoms with van der Waals surface area (Å²) in [7, 11) is 0. The molecule has 4 heteroatoms. The molecule has 0 radical (unpaired) electrons. The molecule has 0 saturated heterocycles. The highest BCUT2D eigenvalue weighted by molar-refractivity contribution is 5.97. The van der Waals surface area contributed by atoms with Crippen LogP contribution in [-0.4, -0.2) is 30.5 Å². The molecule has 0 unspecified atom stereocenters. The minimum absolute atomic E-state index is 0.0636. The number of nitrogen functional groups attached to an aromatic ring is 1. The Morgan fingerprint density at radius 2 is 2.11 bits per heavy atom. The number of hydrogen-bond acceptors (Lipinski definition) is 3. The minimum Gasteiger partial charge on any atom is -0.489 e. The van der Waals surface area contributed by atoms with Crippen molar-refractivity contribution >= 4 is 11.6 Å². The fourth-order valence-corrected chi connectivity index (χ4v) is 1.67. The third-order valence-corrected chi connectivity index (χ3v) is 2.64. The van der Waals surface area contributed by atoms with E-state index in [0.29, 0.717) is 36.7 Å². The van der Waals surface area contributed by atoms with Gasteiger partial charge in [0.25, 0.3) is 5.91 Å². The van der Waals surface area contributed by atoms with Crippen molar-refractivity contribution in [1.29, 1.82) is 0 Å². The first-order valence-electron chi connectivity index (χ1n) is 6.06. The van der Waals surface area contributed by atoms with E-state index < -0.39 is 0 Å². The molecule has 1 aromatic rings. The summed E-state index contributed by atoms with van der Waals surface area (Å²) < 4.78 is 5.48. The highest BCUT2D eigenvalue weighted by Gasteiger charge is 2.17. The molecule has 0 fully saturated rings. The number of carbonyl (C=O) groups excluding carboxylic acids is 1.